The van der Waals surface area contributed by atoms with Gasteiger partial charge in [-0.2, -0.15) is 0 Å². The van der Waals surface area contributed by atoms with Crippen LogP contribution in [-0.4, -0.2) is 11.2 Å². The van der Waals surface area contributed by atoms with E-state index in [0.29, 0.717) is 0 Å². The van der Waals surface area contributed by atoms with Crippen molar-refractivity contribution in [3.8, 4) is 5.75 Å². The molecule has 1 atom stereocenters. The summed E-state index contributed by atoms with van der Waals surface area (Å²) in [7, 11) is 0. The third-order valence-electron chi connectivity index (χ3n) is 3.35. The van der Waals surface area contributed by atoms with E-state index in [0.717, 1.165) is 22.4 Å². The molecule has 0 aliphatic heterocycles. The molecule has 2 aromatic carbocycles. The van der Waals surface area contributed by atoms with E-state index >= 15 is 0 Å². The Balaban J connectivity index is 2.38. The molecule has 0 fully saturated rings. The van der Waals surface area contributed by atoms with Crippen LogP contribution >= 0.6 is 0 Å². The largest absolute Gasteiger partial charge is 0.491 e. The van der Waals surface area contributed by atoms with Crippen molar-refractivity contribution in [1.82, 2.24) is 0 Å². The Labute approximate surface area is 121 Å². The van der Waals surface area contributed by atoms with Gasteiger partial charge in [0.05, 0.1) is 6.10 Å². The highest BCUT2D eigenvalue weighted by Gasteiger charge is 2.26. The first-order chi connectivity index (χ1) is 9.39. The third-order valence-corrected chi connectivity index (χ3v) is 3.35. The number of ether oxygens (including phenoxy) is 1. The van der Waals surface area contributed by atoms with Crippen LogP contribution in [-0.2, 0) is 5.60 Å². The van der Waals surface area contributed by atoms with E-state index in [2.05, 4.69) is 0 Å². The molecule has 0 spiro atoms. The molecule has 0 aliphatic rings. The normalized spacial score (nSPS) is 14.1. The van der Waals surface area contributed by atoms with Gasteiger partial charge in [-0.3, -0.25) is 0 Å². The fourth-order valence-electron chi connectivity index (χ4n) is 2.26. The highest BCUT2D eigenvalue weighted by atomic mass is 16.5. The van der Waals surface area contributed by atoms with Gasteiger partial charge < -0.3 is 9.84 Å². The molecule has 2 aromatic rings. The van der Waals surface area contributed by atoms with Gasteiger partial charge in [-0.05, 0) is 51.0 Å². The molecule has 1 N–H and O–H groups in total. The summed E-state index contributed by atoms with van der Waals surface area (Å²) in [6.45, 7) is 7.82. The molecule has 0 aliphatic carbocycles. The predicted molar refractivity (Wildman–Crippen MR) is 82.1 cm³/mol. The summed E-state index contributed by atoms with van der Waals surface area (Å²) < 4.78 is 5.70. The molecular weight excluding hydrogens is 248 g/mol. The number of aryl methyl sites for hydroxylation is 1. The molecule has 0 bridgehead atoms. The first kappa shape index (κ1) is 14.6. The lowest BCUT2D eigenvalue weighted by Gasteiger charge is -2.25. The monoisotopic (exact) mass is 270 g/mol. The van der Waals surface area contributed by atoms with Gasteiger partial charge in [0.1, 0.15) is 11.4 Å². The average molecular weight is 270 g/mol. The Bertz CT molecular complexity index is 585. The van der Waals surface area contributed by atoms with Gasteiger partial charge in [0.2, 0.25) is 0 Å². The van der Waals surface area contributed by atoms with Crippen molar-refractivity contribution in [1.29, 1.82) is 0 Å². The Morgan fingerprint density at radius 1 is 1.00 bits per heavy atom. The Morgan fingerprint density at radius 2 is 1.60 bits per heavy atom. The lowest BCUT2D eigenvalue weighted by molar-refractivity contribution is 0.102. The first-order valence-corrected chi connectivity index (χ1v) is 6.96. The van der Waals surface area contributed by atoms with E-state index in [4.69, 9.17) is 4.74 Å². The SMILES string of the molecule is Cc1cccc(C(C)(O)c2cccc(OC(C)C)c2)c1. The predicted octanol–water partition coefficient (Wildman–Crippen LogP) is 4.04. The summed E-state index contributed by atoms with van der Waals surface area (Å²) in [6.07, 6.45) is 0.120. The summed E-state index contributed by atoms with van der Waals surface area (Å²) in [5, 5.41) is 10.9. The van der Waals surface area contributed by atoms with Gasteiger partial charge in [0.25, 0.3) is 0 Å². The van der Waals surface area contributed by atoms with Crippen molar-refractivity contribution in [2.45, 2.75) is 39.4 Å². The summed E-state index contributed by atoms with van der Waals surface area (Å²) in [4.78, 5) is 0. The molecule has 0 saturated carbocycles. The summed E-state index contributed by atoms with van der Waals surface area (Å²) >= 11 is 0. The summed E-state index contributed by atoms with van der Waals surface area (Å²) in [5.74, 6) is 0.783. The lowest BCUT2D eigenvalue weighted by atomic mass is 9.87. The van der Waals surface area contributed by atoms with Gasteiger partial charge in [-0.25, -0.2) is 0 Å². The van der Waals surface area contributed by atoms with Gasteiger partial charge in [0.15, 0.2) is 0 Å². The number of hydrogen-bond acceptors (Lipinski definition) is 2. The maximum atomic E-state index is 10.9. The Kier molecular flexibility index (Phi) is 4.15. The third kappa shape index (κ3) is 3.20. The number of rotatable bonds is 4. The standard InChI is InChI=1S/C18H22O2/c1-13(2)20-17-10-6-9-16(12-17)18(4,19)15-8-5-7-14(3)11-15/h5-13,19H,1-4H3. The molecule has 20 heavy (non-hydrogen) atoms. The van der Waals surface area contributed by atoms with Crippen molar-refractivity contribution >= 4 is 0 Å². The number of benzene rings is 2. The summed E-state index contributed by atoms with van der Waals surface area (Å²) in [5.41, 5.74) is 1.83. The maximum absolute atomic E-state index is 10.9. The molecule has 2 rings (SSSR count). The molecular formula is C18H22O2. The minimum atomic E-state index is -1.03. The van der Waals surface area contributed by atoms with Crippen LogP contribution in [0.2, 0.25) is 0 Å². The highest BCUT2D eigenvalue weighted by molar-refractivity contribution is 5.40. The van der Waals surface area contributed by atoms with Crippen molar-refractivity contribution < 1.29 is 9.84 Å². The van der Waals surface area contributed by atoms with E-state index in [9.17, 15) is 5.11 Å². The zero-order valence-corrected chi connectivity index (χ0v) is 12.6. The molecule has 0 amide bonds. The van der Waals surface area contributed by atoms with Crippen LogP contribution in [0.15, 0.2) is 48.5 Å². The maximum Gasteiger partial charge on any atom is 0.120 e. The number of aliphatic hydroxyl groups is 1. The van der Waals surface area contributed by atoms with Crippen LogP contribution in [0.5, 0.6) is 5.75 Å². The molecule has 0 radical (unpaired) electrons. The second kappa shape index (κ2) is 5.68. The fraction of sp³-hybridized carbons (Fsp3) is 0.333. The smallest absolute Gasteiger partial charge is 0.120 e. The van der Waals surface area contributed by atoms with Gasteiger partial charge in [-0.1, -0.05) is 42.0 Å². The minimum absolute atomic E-state index is 0.120. The van der Waals surface area contributed by atoms with Gasteiger partial charge in [-0.15, -0.1) is 0 Å². The second-order valence-electron chi connectivity index (χ2n) is 5.64. The zero-order chi connectivity index (χ0) is 14.8. The van der Waals surface area contributed by atoms with E-state index < -0.39 is 5.60 Å². The van der Waals surface area contributed by atoms with Crippen LogP contribution < -0.4 is 4.74 Å². The number of hydrogen-bond donors (Lipinski definition) is 1. The first-order valence-electron chi connectivity index (χ1n) is 6.96. The fourth-order valence-corrected chi connectivity index (χ4v) is 2.26. The molecule has 106 valence electrons. The summed E-state index contributed by atoms with van der Waals surface area (Å²) in [6, 6.07) is 15.6. The minimum Gasteiger partial charge on any atom is -0.491 e. The molecule has 0 aromatic heterocycles. The van der Waals surface area contributed by atoms with Crippen molar-refractivity contribution in [3.05, 3.63) is 65.2 Å². The highest BCUT2D eigenvalue weighted by Crippen LogP contribution is 2.31. The van der Waals surface area contributed by atoms with Crippen molar-refractivity contribution in [2.75, 3.05) is 0 Å². The molecule has 0 saturated heterocycles. The van der Waals surface area contributed by atoms with Gasteiger partial charge >= 0.3 is 0 Å². The average Bonchev–Trinajstić information content (AvgIpc) is 2.38. The molecule has 2 nitrogen and oxygen atoms in total. The van der Waals surface area contributed by atoms with Crippen LogP contribution in [0, 0.1) is 6.92 Å². The van der Waals surface area contributed by atoms with E-state index in [1.54, 1.807) is 0 Å². The molecule has 1 unspecified atom stereocenters. The lowest BCUT2D eigenvalue weighted by Crippen LogP contribution is -2.23. The zero-order valence-electron chi connectivity index (χ0n) is 12.6. The molecule has 2 heteroatoms. The van der Waals surface area contributed by atoms with Crippen molar-refractivity contribution in [2.24, 2.45) is 0 Å². The van der Waals surface area contributed by atoms with E-state index in [1.165, 1.54) is 0 Å². The van der Waals surface area contributed by atoms with Crippen LogP contribution in [0.1, 0.15) is 37.5 Å². The topological polar surface area (TPSA) is 29.5 Å². The molecule has 0 heterocycles. The van der Waals surface area contributed by atoms with E-state index in [1.807, 2.05) is 76.2 Å². The van der Waals surface area contributed by atoms with Crippen LogP contribution in [0.4, 0.5) is 0 Å². The van der Waals surface area contributed by atoms with E-state index in [-0.39, 0.29) is 6.10 Å². The second-order valence-corrected chi connectivity index (χ2v) is 5.64. The van der Waals surface area contributed by atoms with Crippen LogP contribution in [0.3, 0.4) is 0 Å². The van der Waals surface area contributed by atoms with Crippen molar-refractivity contribution in [3.63, 3.8) is 0 Å². The van der Waals surface area contributed by atoms with Crippen LogP contribution in [0.25, 0.3) is 0 Å². The quantitative estimate of drug-likeness (QED) is 0.908. The Hall–Kier alpha value is -1.80. The van der Waals surface area contributed by atoms with Gasteiger partial charge in [0, 0.05) is 0 Å². The Morgan fingerprint density at radius 3 is 2.20 bits per heavy atom.